The molecule has 96 valence electrons. The van der Waals surface area contributed by atoms with Crippen LogP contribution in [0, 0.1) is 0 Å². The van der Waals surface area contributed by atoms with Crippen molar-refractivity contribution in [1.82, 2.24) is 0 Å². The topological polar surface area (TPSA) is 66.5 Å². The van der Waals surface area contributed by atoms with Gasteiger partial charge in [-0.15, -0.1) is 0 Å². The number of halogens is 3. The van der Waals surface area contributed by atoms with Gasteiger partial charge in [0, 0.05) is 11.1 Å². The standard InChI is InChI=1S/C11H14F3NO2/c1-10(2,15)5-6-7(11(12,13)14)3-4-8(16)9(6)17/h3-4,16-17H,5,15H2,1-2H3. The predicted molar refractivity (Wildman–Crippen MR) is 56.7 cm³/mol. The zero-order valence-electron chi connectivity index (χ0n) is 9.47. The maximum atomic E-state index is 12.7. The molecule has 17 heavy (non-hydrogen) atoms. The molecule has 0 aliphatic carbocycles. The maximum absolute atomic E-state index is 12.7. The highest BCUT2D eigenvalue weighted by Gasteiger charge is 2.36. The number of hydrogen-bond acceptors (Lipinski definition) is 3. The largest absolute Gasteiger partial charge is 0.504 e. The van der Waals surface area contributed by atoms with Crippen molar-refractivity contribution in [1.29, 1.82) is 0 Å². The second-order valence-electron chi connectivity index (χ2n) is 4.62. The summed E-state index contributed by atoms with van der Waals surface area (Å²) < 4.78 is 38.1. The Bertz CT molecular complexity index is 422. The van der Waals surface area contributed by atoms with Gasteiger partial charge in [0.25, 0.3) is 0 Å². The molecule has 0 radical (unpaired) electrons. The first-order chi connectivity index (χ1) is 7.52. The quantitative estimate of drug-likeness (QED) is 0.705. The van der Waals surface area contributed by atoms with Gasteiger partial charge in [-0.2, -0.15) is 13.2 Å². The number of benzene rings is 1. The summed E-state index contributed by atoms with van der Waals surface area (Å²) in [6, 6.07) is 1.54. The Kier molecular flexibility index (Phi) is 3.29. The highest BCUT2D eigenvalue weighted by atomic mass is 19.4. The van der Waals surface area contributed by atoms with Gasteiger partial charge in [0.2, 0.25) is 0 Å². The number of nitrogens with two attached hydrogens (primary N) is 1. The van der Waals surface area contributed by atoms with Crippen LogP contribution in [0.15, 0.2) is 12.1 Å². The molecule has 6 heteroatoms. The minimum Gasteiger partial charge on any atom is -0.504 e. The summed E-state index contributed by atoms with van der Waals surface area (Å²) in [4.78, 5) is 0. The molecule has 0 atom stereocenters. The molecule has 1 aromatic carbocycles. The van der Waals surface area contributed by atoms with Crippen molar-refractivity contribution in [2.75, 3.05) is 0 Å². The van der Waals surface area contributed by atoms with E-state index in [-0.39, 0.29) is 12.0 Å². The van der Waals surface area contributed by atoms with Crippen LogP contribution in [0.2, 0.25) is 0 Å². The van der Waals surface area contributed by atoms with E-state index >= 15 is 0 Å². The molecule has 0 heterocycles. The van der Waals surface area contributed by atoms with Gasteiger partial charge in [-0.1, -0.05) is 0 Å². The van der Waals surface area contributed by atoms with Crippen LogP contribution in [0.1, 0.15) is 25.0 Å². The van der Waals surface area contributed by atoms with Crippen molar-refractivity contribution >= 4 is 0 Å². The fourth-order valence-electron chi connectivity index (χ4n) is 1.52. The summed E-state index contributed by atoms with van der Waals surface area (Å²) in [6.07, 6.45) is -4.78. The van der Waals surface area contributed by atoms with Crippen molar-refractivity contribution < 1.29 is 23.4 Å². The molecule has 4 N–H and O–H groups in total. The highest BCUT2D eigenvalue weighted by molar-refractivity contribution is 5.50. The Morgan fingerprint density at radius 1 is 1.18 bits per heavy atom. The molecule has 0 fully saturated rings. The molecule has 0 saturated carbocycles. The third kappa shape index (κ3) is 3.26. The van der Waals surface area contributed by atoms with Crippen LogP contribution in [0.4, 0.5) is 13.2 Å². The van der Waals surface area contributed by atoms with Gasteiger partial charge in [0.1, 0.15) is 0 Å². The Hall–Kier alpha value is -1.43. The number of hydrogen-bond donors (Lipinski definition) is 3. The lowest BCUT2D eigenvalue weighted by Gasteiger charge is -2.22. The summed E-state index contributed by atoms with van der Waals surface area (Å²) in [6.45, 7) is 3.08. The number of aromatic hydroxyl groups is 2. The van der Waals surface area contributed by atoms with E-state index in [0.717, 1.165) is 12.1 Å². The third-order valence-corrected chi connectivity index (χ3v) is 2.20. The van der Waals surface area contributed by atoms with Crippen molar-refractivity contribution in [3.63, 3.8) is 0 Å². The third-order valence-electron chi connectivity index (χ3n) is 2.20. The smallest absolute Gasteiger partial charge is 0.416 e. The van der Waals surface area contributed by atoms with E-state index in [4.69, 9.17) is 5.73 Å². The van der Waals surface area contributed by atoms with E-state index in [2.05, 4.69) is 0 Å². The summed E-state index contributed by atoms with van der Waals surface area (Å²) in [7, 11) is 0. The Labute approximate surface area is 96.7 Å². The summed E-state index contributed by atoms with van der Waals surface area (Å²) in [5.41, 5.74) is 3.35. The highest BCUT2D eigenvalue weighted by Crippen LogP contribution is 2.40. The zero-order valence-corrected chi connectivity index (χ0v) is 9.47. The summed E-state index contributed by atoms with van der Waals surface area (Å²) >= 11 is 0. The molecule has 0 unspecified atom stereocenters. The van der Waals surface area contributed by atoms with Crippen LogP contribution in [0.25, 0.3) is 0 Å². The molecule has 1 rings (SSSR count). The van der Waals surface area contributed by atoms with Gasteiger partial charge in [0.15, 0.2) is 11.5 Å². The second kappa shape index (κ2) is 4.10. The number of rotatable bonds is 2. The molecule has 1 aromatic rings. The lowest BCUT2D eigenvalue weighted by molar-refractivity contribution is -0.138. The number of phenols is 2. The molecule has 0 amide bonds. The monoisotopic (exact) mass is 249 g/mol. The fraction of sp³-hybridized carbons (Fsp3) is 0.455. The Morgan fingerprint density at radius 2 is 1.71 bits per heavy atom. The van der Waals surface area contributed by atoms with Gasteiger partial charge >= 0.3 is 6.18 Å². The van der Waals surface area contributed by atoms with Gasteiger partial charge in [0.05, 0.1) is 5.56 Å². The second-order valence-corrected chi connectivity index (χ2v) is 4.62. The molecular formula is C11H14F3NO2. The average molecular weight is 249 g/mol. The predicted octanol–water partition coefficient (Wildman–Crippen LogP) is 2.40. The Morgan fingerprint density at radius 3 is 2.12 bits per heavy atom. The normalized spacial score (nSPS) is 12.8. The first kappa shape index (κ1) is 13.6. The van der Waals surface area contributed by atoms with Crippen LogP contribution in [0.3, 0.4) is 0 Å². The van der Waals surface area contributed by atoms with Crippen molar-refractivity contribution in [2.45, 2.75) is 32.0 Å². The average Bonchev–Trinajstić information content (AvgIpc) is 2.08. The minimum absolute atomic E-state index is 0.192. The van der Waals surface area contributed by atoms with Crippen LogP contribution in [0.5, 0.6) is 11.5 Å². The van der Waals surface area contributed by atoms with E-state index < -0.39 is 28.8 Å². The molecule has 0 aliphatic heterocycles. The van der Waals surface area contributed by atoms with Crippen LogP contribution >= 0.6 is 0 Å². The van der Waals surface area contributed by atoms with Gasteiger partial charge in [-0.05, 0) is 32.4 Å². The van der Waals surface area contributed by atoms with Crippen LogP contribution in [-0.2, 0) is 12.6 Å². The van der Waals surface area contributed by atoms with E-state index in [0.29, 0.717) is 0 Å². The summed E-state index contributed by atoms with van der Waals surface area (Å²) in [5, 5.41) is 18.7. The minimum atomic E-state index is -4.59. The lowest BCUT2D eigenvalue weighted by atomic mass is 9.91. The fourth-order valence-corrected chi connectivity index (χ4v) is 1.52. The van der Waals surface area contributed by atoms with Gasteiger partial charge in [-0.3, -0.25) is 0 Å². The molecule has 0 aromatic heterocycles. The van der Waals surface area contributed by atoms with Crippen molar-refractivity contribution in [2.24, 2.45) is 5.73 Å². The maximum Gasteiger partial charge on any atom is 0.416 e. The van der Waals surface area contributed by atoms with Gasteiger partial charge < -0.3 is 15.9 Å². The van der Waals surface area contributed by atoms with E-state index in [1.807, 2.05) is 0 Å². The lowest BCUT2D eigenvalue weighted by Crippen LogP contribution is -2.35. The van der Waals surface area contributed by atoms with Crippen LogP contribution in [-0.4, -0.2) is 15.8 Å². The molecule has 3 nitrogen and oxygen atoms in total. The first-order valence-corrected chi connectivity index (χ1v) is 4.92. The molecule has 0 aliphatic rings. The van der Waals surface area contributed by atoms with E-state index in [9.17, 15) is 23.4 Å². The number of alkyl halides is 3. The van der Waals surface area contributed by atoms with Crippen molar-refractivity contribution in [3.05, 3.63) is 23.3 Å². The molecular weight excluding hydrogens is 235 g/mol. The molecule has 0 spiro atoms. The molecule has 0 bridgehead atoms. The Balaban J connectivity index is 3.37. The van der Waals surface area contributed by atoms with E-state index in [1.54, 1.807) is 0 Å². The van der Waals surface area contributed by atoms with E-state index in [1.165, 1.54) is 13.8 Å². The first-order valence-electron chi connectivity index (χ1n) is 4.92. The SMILES string of the molecule is CC(C)(N)Cc1c(C(F)(F)F)ccc(O)c1O. The zero-order chi connectivity index (χ0) is 13.4. The number of phenolic OH excluding ortho intramolecular Hbond substituents is 2. The van der Waals surface area contributed by atoms with Crippen LogP contribution < -0.4 is 5.73 Å². The summed E-state index contributed by atoms with van der Waals surface area (Å²) in [5.74, 6) is -1.35. The molecule has 0 saturated heterocycles. The van der Waals surface area contributed by atoms with Crippen molar-refractivity contribution in [3.8, 4) is 11.5 Å². The van der Waals surface area contributed by atoms with Gasteiger partial charge in [-0.25, -0.2) is 0 Å².